The molecule has 0 spiro atoms. The molecule has 1 N–H and O–H groups in total. The molecule has 0 saturated heterocycles. The minimum atomic E-state index is -0.505. The maximum atomic E-state index is 12.5. The molecule has 0 aliphatic carbocycles. The van der Waals surface area contributed by atoms with Gasteiger partial charge in [0.1, 0.15) is 18.2 Å². The highest BCUT2D eigenvalue weighted by molar-refractivity contribution is 6.06. The second-order valence-electron chi connectivity index (χ2n) is 6.04. The lowest BCUT2D eigenvalue weighted by molar-refractivity contribution is -0.131. The first kappa shape index (κ1) is 19.0. The van der Waals surface area contributed by atoms with Gasteiger partial charge in [0.05, 0.1) is 5.56 Å². The van der Waals surface area contributed by atoms with Crippen LogP contribution in [0.5, 0.6) is 11.8 Å². The van der Waals surface area contributed by atoms with Crippen LogP contribution in [-0.4, -0.2) is 21.8 Å². The zero-order valence-electron chi connectivity index (χ0n) is 15.5. The van der Waals surface area contributed by atoms with Crippen LogP contribution >= 0.6 is 0 Å². The Morgan fingerprint density at radius 2 is 1.79 bits per heavy atom. The number of para-hydroxylation sites is 1. The highest BCUT2D eigenvalue weighted by Crippen LogP contribution is 2.20. The zero-order valence-corrected chi connectivity index (χ0v) is 15.5. The van der Waals surface area contributed by atoms with Crippen molar-refractivity contribution >= 4 is 17.7 Å². The number of aromatic nitrogens is 2. The van der Waals surface area contributed by atoms with Gasteiger partial charge in [-0.1, -0.05) is 42.0 Å². The number of amides is 1. The van der Waals surface area contributed by atoms with Crippen LogP contribution in [0.1, 0.15) is 28.4 Å². The quantitative estimate of drug-likeness (QED) is 0.522. The van der Waals surface area contributed by atoms with Gasteiger partial charge in [-0.25, -0.2) is 4.98 Å². The topological polar surface area (TPSA) is 90.4 Å². The van der Waals surface area contributed by atoms with Crippen LogP contribution in [0.3, 0.4) is 0 Å². The molecule has 3 aromatic rings. The van der Waals surface area contributed by atoms with Crippen molar-refractivity contribution in [3.63, 3.8) is 0 Å². The highest BCUT2D eigenvalue weighted by atomic mass is 16.5. The minimum absolute atomic E-state index is 0.145. The van der Waals surface area contributed by atoms with Crippen LogP contribution in [-0.2, 0) is 11.4 Å². The van der Waals surface area contributed by atoms with E-state index in [0.29, 0.717) is 6.61 Å². The van der Waals surface area contributed by atoms with Gasteiger partial charge in [0.2, 0.25) is 0 Å². The summed E-state index contributed by atoms with van der Waals surface area (Å²) in [6.07, 6.45) is 1.49. The van der Waals surface area contributed by atoms with Gasteiger partial charge in [-0.3, -0.25) is 9.59 Å². The number of rotatable bonds is 6. The number of esters is 1. The molecule has 0 aliphatic rings. The number of carbonyl (C=O) groups excluding carboxylic acids is 2. The molecule has 0 radical (unpaired) electrons. The van der Waals surface area contributed by atoms with E-state index in [1.54, 1.807) is 30.3 Å². The molecule has 142 valence electrons. The Kier molecular flexibility index (Phi) is 5.96. The van der Waals surface area contributed by atoms with Crippen LogP contribution in [0.15, 0.2) is 60.8 Å². The summed E-state index contributed by atoms with van der Waals surface area (Å²) in [7, 11) is 0. The molecule has 1 aromatic heterocycles. The number of ether oxygens (including phenoxy) is 2. The maximum Gasteiger partial charge on any atom is 0.318 e. The number of nitrogens with zero attached hydrogens (tertiary/aromatic N) is 2. The zero-order chi connectivity index (χ0) is 19.9. The predicted octanol–water partition coefficient (Wildman–Crippen LogP) is 3.54. The Bertz CT molecular complexity index is 987. The summed E-state index contributed by atoms with van der Waals surface area (Å²) < 4.78 is 10.7. The fourth-order valence-corrected chi connectivity index (χ4v) is 2.39. The van der Waals surface area contributed by atoms with Gasteiger partial charge >= 0.3 is 12.0 Å². The van der Waals surface area contributed by atoms with E-state index in [9.17, 15) is 9.59 Å². The van der Waals surface area contributed by atoms with Crippen LogP contribution in [0.4, 0.5) is 5.82 Å². The van der Waals surface area contributed by atoms with Gasteiger partial charge in [-0.15, -0.1) is 0 Å². The summed E-state index contributed by atoms with van der Waals surface area (Å²) in [4.78, 5) is 32.0. The second kappa shape index (κ2) is 8.77. The first-order chi connectivity index (χ1) is 13.5. The van der Waals surface area contributed by atoms with Crippen LogP contribution in [0.2, 0.25) is 0 Å². The molecule has 0 atom stereocenters. The lowest BCUT2D eigenvalue weighted by atomic mass is 10.2. The molecule has 1 heterocycles. The molecule has 7 nitrogen and oxygen atoms in total. The van der Waals surface area contributed by atoms with Crippen LogP contribution in [0.25, 0.3) is 0 Å². The number of anilines is 1. The van der Waals surface area contributed by atoms with Gasteiger partial charge in [-0.05, 0) is 30.7 Å². The molecule has 3 rings (SSSR count). The molecule has 0 saturated carbocycles. The van der Waals surface area contributed by atoms with Gasteiger partial charge in [0, 0.05) is 13.1 Å². The molecule has 1 amide bonds. The Hall–Kier alpha value is -3.74. The van der Waals surface area contributed by atoms with Crippen LogP contribution < -0.4 is 14.8 Å². The molecule has 28 heavy (non-hydrogen) atoms. The predicted molar refractivity (Wildman–Crippen MR) is 103 cm³/mol. The average molecular weight is 377 g/mol. The fraction of sp³-hybridized carbons (Fsp3) is 0.143. The van der Waals surface area contributed by atoms with Gasteiger partial charge < -0.3 is 14.8 Å². The summed E-state index contributed by atoms with van der Waals surface area (Å²) in [6.45, 7) is 3.60. The van der Waals surface area contributed by atoms with Crippen molar-refractivity contribution in [1.29, 1.82) is 0 Å². The van der Waals surface area contributed by atoms with E-state index in [2.05, 4.69) is 15.3 Å². The second-order valence-corrected chi connectivity index (χ2v) is 6.04. The molecule has 0 aliphatic heterocycles. The van der Waals surface area contributed by atoms with Crippen molar-refractivity contribution in [3.05, 3.63) is 77.5 Å². The van der Waals surface area contributed by atoms with Crippen molar-refractivity contribution in [2.45, 2.75) is 20.5 Å². The van der Waals surface area contributed by atoms with E-state index in [4.69, 9.17) is 9.47 Å². The third kappa shape index (κ3) is 5.14. The van der Waals surface area contributed by atoms with Crippen molar-refractivity contribution in [2.24, 2.45) is 0 Å². The molecule has 0 fully saturated rings. The smallest absolute Gasteiger partial charge is 0.318 e. The van der Waals surface area contributed by atoms with Gasteiger partial charge in [0.15, 0.2) is 0 Å². The SMILES string of the molecule is CC(=O)Oc1ccccc1C(=O)Nc1ccnc(OCc2ccc(C)cc2)n1. The lowest BCUT2D eigenvalue weighted by Gasteiger charge is -2.10. The normalized spacial score (nSPS) is 10.2. The third-order valence-electron chi connectivity index (χ3n) is 3.75. The molecular weight excluding hydrogens is 358 g/mol. The molecule has 2 aromatic carbocycles. The fourth-order valence-electron chi connectivity index (χ4n) is 2.39. The number of hydrogen-bond donors (Lipinski definition) is 1. The van der Waals surface area contributed by atoms with Crippen LogP contribution in [0, 0.1) is 6.92 Å². The summed E-state index contributed by atoms with van der Waals surface area (Å²) in [5.41, 5.74) is 2.37. The van der Waals surface area contributed by atoms with Gasteiger partial charge in [0.25, 0.3) is 5.91 Å². The summed E-state index contributed by atoms with van der Waals surface area (Å²) in [6, 6.07) is 16.1. The Balaban J connectivity index is 1.68. The van der Waals surface area contributed by atoms with E-state index in [1.165, 1.54) is 18.7 Å². The number of nitrogens with one attached hydrogen (secondary N) is 1. The largest absolute Gasteiger partial charge is 0.459 e. The van der Waals surface area contributed by atoms with E-state index in [1.807, 2.05) is 31.2 Å². The molecule has 0 unspecified atom stereocenters. The Morgan fingerprint density at radius 1 is 1.04 bits per heavy atom. The first-order valence-electron chi connectivity index (χ1n) is 8.61. The summed E-state index contributed by atoms with van der Waals surface area (Å²) in [5, 5.41) is 2.66. The number of benzene rings is 2. The average Bonchev–Trinajstić information content (AvgIpc) is 2.68. The van der Waals surface area contributed by atoms with E-state index < -0.39 is 11.9 Å². The summed E-state index contributed by atoms with van der Waals surface area (Å²) >= 11 is 0. The van der Waals surface area contributed by atoms with Crippen molar-refractivity contribution in [2.75, 3.05) is 5.32 Å². The first-order valence-corrected chi connectivity index (χ1v) is 8.61. The van der Waals surface area contributed by atoms with Crippen molar-refractivity contribution in [3.8, 4) is 11.8 Å². The number of carbonyl (C=O) groups is 2. The third-order valence-corrected chi connectivity index (χ3v) is 3.75. The van der Waals surface area contributed by atoms with Gasteiger partial charge in [-0.2, -0.15) is 4.98 Å². The number of aryl methyl sites for hydroxylation is 1. The highest BCUT2D eigenvalue weighted by Gasteiger charge is 2.14. The van der Waals surface area contributed by atoms with Crippen molar-refractivity contribution in [1.82, 2.24) is 9.97 Å². The van der Waals surface area contributed by atoms with E-state index >= 15 is 0 Å². The maximum absolute atomic E-state index is 12.5. The van der Waals surface area contributed by atoms with Crippen molar-refractivity contribution < 1.29 is 19.1 Å². The Labute approximate surface area is 162 Å². The summed E-state index contributed by atoms with van der Waals surface area (Å²) in [5.74, 6) is -0.511. The molecule has 7 heteroatoms. The minimum Gasteiger partial charge on any atom is -0.459 e. The monoisotopic (exact) mass is 377 g/mol. The molecular formula is C21H19N3O4. The Morgan fingerprint density at radius 3 is 2.54 bits per heavy atom. The van der Waals surface area contributed by atoms with E-state index in [-0.39, 0.29) is 23.1 Å². The lowest BCUT2D eigenvalue weighted by Crippen LogP contribution is -2.16. The standard InChI is InChI=1S/C21H19N3O4/c1-14-7-9-16(10-8-14)13-27-21-22-12-11-19(24-21)23-20(26)17-5-3-4-6-18(17)28-15(2)25/h3-12H,13H2,1-2H3,(H,22,23,24,26). The van der Waals surface area contributed by atoms with E-state index in [0.717, 1.165) is 5.56 Å². The number of hydrogen-bond acceptors (Lipinski definition) is 6. The molecule has 0 bridgehead atoms.